The number of hydrogen-bond acceptors (Lipinski definition) is 5. The monoisotopic (exact) mass is 409 g/mol. The fraction of sp³-hybridized carbons (Fsp3) is 0.238. The molecule has 0 radical (unpaired) electrons. The molecule has 3 amide bonds. The number of aryl methyl sites for hydroxylation is 1. The van der Waals surface area contributed by atoms with E-state index in [1.165, 1.54) is 11.3 Å². The zero-order valence-corrected chi connectivity index (χ0v) is 16.9. The van der Waals surface area contributed by atoms with Crippen LogP contribution in [0.4, 0.5) is 0 Å². The summed E-state index contributed by atoms with van der Waals surface area (Å²) in [6, 6.07) is 12.5. The van der Waals surface area contributed by atoms with Gasteiger partial charge in [0.05, 0.1) is 28.0 Å². The minimum atomic E-state index is -0.546. The molecule has 3 aromatic rings. The molecule has 0 unspecified atom stereocenters. The first-order valence-corrected chi connectivity index (χ1v) is 9.93. The molecule has 1 aliphatic heterocycles. The van der Waals surface area contributed by atoms with Gasteiger partial charge in [-0.3, -0.25) is 19.3 Å². The van der Waals surface area contributed by atoms with Crippen LogP contribution in [0.1, 0.15) is 26.3 Å². The standard InChI is InChI=1S/C21H19N3O4S/c1-13-6-5-9-16-18(13)23(10-11-28-2)21(29-16)22-17(25)12-24-19(26)14-7-3-4-8-15(14)20(24)27/h3-9H,10-12H2,1-2H3. The van der Waals surface area contributed by atoms with Crippen molar-refractivity contribution in [3.05, 3.63) is 64.0 Å². The lowest BCUT2D eigenvalue weighted by Gasteiger charge is -2.10. The third kappa shape index (κ3) is 3.41. The first-order valence-electron chi connectivity index (χ1n) is 9.12. The van der Waals surface area contributed by atoms with E-state index >= 15 is 0 Å². The largest absolute Gasteiger partial charge is 0.383 e. The molecule has 1 aromatic heterocycles. The number of carbonyl (C=O) groups excluding carboxylic acids is 3. The van der Waals surface area contributed by atoms with E-state index in [-0.39, 0.29) is 6.54 Å². The number of fused-ring (bicyclic) bond motifs is 2. The number of carbonyl (C=O) groups is 3. The summed E-state index contributed by atoms with van der Waals surface area (Å²) in [7, 11) is 1.62. The summed E-state index contributed by atoms with van der Waals surface area (Å²) in [5.74, 6) is -1.47. The Morgan fingerprint density at radius 2 is 1.76 bits per heavy atom. The van der Waals surface area contributed by atoms with E-state index < -0.39 is 17.7 Å². The van der Waals surface area contributed by atoms with Gasteiger partial charge in [-0.15, -0.1) is 0 Å². The Labute approximate surface area is 170 Å². The van der Waals surface area contributed by atoms with Crippen molar-refractivity contribution in [1.82, 2.24) is 9.47 Å². The van der Waals surface area contributed by atoms with Gasteiger partial charge in [0.1, 0.15) is 6.54 Å². The van der Waals surface area contributed by atoms with Crippen molar-refractivity contribution in [3.8, 4) is 0 Å². The van der Waals surface area contributed by atoms with Crippen molar-refractivity contribution in [2.45, 2.75) is 13.5 Å². The molecule has 0 aliphatic carbocycles. The predicted octanol–water partition coefficient (Wildman–Crippen LogP) is 2.38. The number of thiazole rings is 1. The minimum Gasteiger partial charge on any atom is -0.383 e. The van der Waals surface area contributed by atoms with Crippen LogP contribution in [0.2, 0.25) is 0 Å². The van der Waals surface area contributed by atoms with Crippen molar-refractivity contribution in [2.75, 3.05) is 20.3 Å². The molecule has 7 nitrogen and oxygen atoms in total. The second-order valence-corrected chi connectivity index (χ2v) is 7.71. The molecular weight excluding hydrogens is 390 g/mol. The topological polar surface area (TPSA) is 81.0 Å². The van der Waals surface area contributed by atoms with Gasteiger partial charge >= 0.3 is 0 Å². The van der Waals surface area contributed by atoms with Crippen LogP contribution in [0.5, 0.6) is 0 Å². The van der Waals surface area contributed by atoms with E-state index in [2.05, 4.69) is 4.99 Å². The van der Waals surface area contributed by atoms with E-state index in [0.29, 0.717) is 29.1 Å². The second-order valence-electron chi connectivity index (χ2n) is 6.70. The quantitative estimate of drug-likeness (QED) is 0.606. The van der Waals surface area contributed by atoms with Gasteiger partial charge in [0, 0.05) is 13.7 Å². The molecular formula is C21H19N3O4S. The van der Waals surface area contributed by atoms with Crippen molar-refractivity contribution in [2.24, 2.45) is 4.99 Å². The number of amides is 3. The fourth-order valence-corrected chi connectivity index (χ4v) is 4.59. The van der Waals surface area contributed by atoms with E-state index in [0.717, 1.165) is 20.7 Å². The van der Waals surface area contributed by atoms with E-state index in [1.54, 1.807) is 31.4 Å². The average molecular weight is 409 g/mol. The Bertz CT molecular complexity index is 1170. The summed E-state index contributed by atoms with van der Waals surface area (Å²) in [5, 5.41) is 0. The number of ether oxygens (including phenoxy) is 1. The maximum absolute atomic E-state index is 12.6. The SMILES string of the molecule is COCCn1c(=NC(=O)CN2C(=O)c3ccccc3C2=O)sc2cccc(C)c21. The maximum Gasteiger partial charge on any atom is 0.268 e. The number of methoxy groups -OCH3 is 1. The van der Waals surface area contributed by atoms with Crippen LogP contribution in [0.25, 0.3) is 10.2 Å². The molecule has 0 atom stereocenters. The lowest BCUT2D eigenvalue weighted by molar-refractivity contribution is -0.118. The normalized spacial score (nSPS) is 14.1. The number of benzene rings is 2. The highest BCUT2D eigenvalue weighted by Crippen LogP contribution is 2.23. The van der Waals surface area contributed by atoms with Gasteiger partial charge in [-0.05, 0) is 30.7 Å². The number of para-hydroxylation sites is 1. The summed E-state index contributed by atoms with van der Waals surface area (Å²) < 4.78 is 8.15. The number of rotatable bonds is 5. The summed E-state index contributed by atoms with van der Waals surface area (Å²) >= 11 is 1.40. The molecule has 29 heavy (non-hydrogen) atoms. The lowest BCUT2D eigenvalue weighted by Crippen LogP contribution is -2.35. The van der Waals surface area contributed by atoms with E-state index in [9.17, 15) is 14.4 Å². The molecule has 0 bridgehead atoms. The van der Waals surface area contributed by atoms with E-state index in [1.807, 2.05) is 29.7 Å². The summed E-state index contributed by atoms with van der Waals surface area (Å²) in [5.41, 5.74) is 2.71. The molecule has 0 saturated heterocycles. The average Bonchev–Trinajstić information content (AvgIpc) is 3.18. The van der Waals surface area contributed by atoms with Gasteiger partial charge in [-0.2, -0.15) is 4.99 Å². The zero-order chi connectivity index (χ0) is 20.5. The maximum atomic E-state index is 12.6. The highest BCUT2D eigenvalue weighted by Gasteiger charge is 2.36. The Balaban J connectivity index is 1.67. The van der Waals surface area contributed by atoms with Crippen LogP contribution in [0, 0.1) is 6.92 Å². The molecule has 148 valence electrons. The van der Waals surface area contributed by atoms with Gasteiger partial charge in [-0.25, -0.2) is 0 Å². The molecule has 8 heteroatoms. The van der Waals surface area contributed by atoms with Crippen LogP contribution >= 0.6 is 11.3 Å². The minimum absolute atomic E-state index is 0.318. The Morgan fingerprint density at radius 3 is 2.41 bits per heavy atom. The highest BCUT2D eigenvalue weighted by molar-refractivity contribution is 7.16. The Hall–Kier alpha value is -3.10. The molecule has 4 rings (SSSR count). The number of hydrogen-bond donors (Lipinski definition) is 0. The number of nitrogens with zero attached hydrogens (tertiary/aromatic N) is 3. The van der Waals surface area contributed by atoms with Crippen molar-refractivity contribution >= 4 is 39.3 Å². The van der Waals surface area contributed by atoms with Crippen LogP contribution in [0.3, 0.4) is 0 Å². The summed E-state index contributed by atoms with van der Waals surface area (Å²) in [4.78, 5) is 43.3. The molecule has 1 aliphatic rings. The van der Waals surface area contributed by atoms with Gasteiger partial charge in [0.25, 0.3) is 17.7 Å². The fourth-order valence-electron chi connectivity index (χ4n) is 3.44. The van der Waals surface area contributed by atoms with Gasteiger partial charge in [0.15, 0.2) is 4.80 Å². The van der Waals surface area contributed by atoms with Gasteiger partial charge < -0.3 is 9.30 Å². The molecule has 0 fully saturated rings. The smallest absolute Gasteiger partial charge is 0.268 e. The molecule has 0 N–H and O–H groups in total. The number of aromatic nitrogens is 1. The molecule has 2 heterocycles. The molecule has 2 aromatic carbocycles. The van der Waals surface area contributed by atoms with Gasteiger partial charge in [0.2, 0.25) is 0 Å². The summed E-state index contributed by atoms with van der Waals surface area (Å²) in [6.45, 7) is 2.63. The first kappa shape index (κ1) is 19.2. The second kappa shape index (κ2) is 7.73. The molecule has 0 spiro atoms. The van der Waals surface area contributed by atoms with Crippen LogP contribution in [0.15, 0.2) is 47.5 Å². The Kier molecular flexibility index (Phi) is 5.12. The van der Waals surface area contributed by atoms with E-state index in [4.69, 9.17) is 4.74 Å². The van der Waals surface area contributed by atoms with Crippen molar-refractivity contribution in [3.63, 3.8) is 0 Å². The number of imide groups is 1. The molecule has 0 saturated carbocycles. The van der Waals surface area contributed by atoms with Crippen LogP contribution in [-0.2, 0) is 16.1 Å². The Morgan fingerprint density at radius 1 is 1.07 bits per heavy atom. The van der Waals surface area contributed by atoms with Crippen molar-refractivity contribution < 1.29 is 19.1 Å². The predicted molar refractivity (Wildman–Crippen MR) is 109 cm³/mol. The first-order chi connectivity index (χ1) is 14.0. The third-order valence-electron chi connectivity index (χ3n) is 4.81. The third-order valence-corrected chi connectivity index (χ3v) is 5.86. The van der Waals surface area contributed by atoms with Gasteiger partial charge in [-0.1, -0.05) is 35.6 Å². The highest BCUT2D eigenvalue weighted by atomic mass is 32.1. The summed E-state index contributed by atoms with van der Waals surface area (Å²) in [6.07, 6.45) is 0. The lowest BCUT2D eigenvalue weighted by atomic mass is 10.1. The zero-order valence-electron chi connectivity index (χ0n) is 16.0. The van der Waals surface area contributed by atoms with Crippen LogP contribution in [-0.4, -0.2) is 47.4 Å². The van der Waals surface area contributed by atoms with Crippen molar-refractivity contribution in [1.29, 1.82) is 0 Å². The van der Waals surface area contributed by atoms with Crippen LogP contribution < -0.4 is 4.80 Å².